The largest absolute Gasteiger partial charge is 0.493 e. The van der Waals surface area contributed by atoms with E-state index in [2.05, 4.69) is 35.9 Å². The second kappa shape index (κ2) is 9.81. The highest BCUT2D eigenvalue weighted by atomic mass is 16.5. The lowest BCUT2D eigenvalue weighted by Gasteiger charge is -2.19. The van der Waals surface area contributed by atoms with Crippen LogP contribution in [0.25, 0.3) is 0 Å². The quantitative estimate of drug-likeness (QED) is 0.681. The highest BCUT2D eigenvalue weighted by Crippen LogP contribution is 2.32. The Morgan fingerprint density at radius 3 is 2.31 bits per heavy atom. The summed E-state index contributed by atoms with van der Waals surface area (Å²) in [4.78, 5) is 12.6. The van der Waals surface area contributed by atoms with Gasteiger partial charge in [-0.05, 0) is 68.9 Å². The lowest BCUT2D eigenvalue weighted by molar-refractivity contribution is -0.121. The predicted molar refractivity (Wildman–Crippen MR) is 116 cm³/mol. The van der Waals surface area contributed by atoms with Crippen LogP contribution in [0.4, 0.5) is 0 Å². The molecule has 0 saturated carbocycles. The Balaban J connectivity index is 2.04. The predicted octanol–water partition coefficient (Wildman–Crippen LogP) is 4.29. The van der Waals surface area contributed by atoms with Crippen molar-refractivity contribution in [1.29, 1.82) is 0 Å². The summed E-state index contributed by atoms with van der Waals surface area (Å²) in [6, 6.07) is 3.75. The Bertz CT molecular complexity index is 856. The Labute approximate surface area is 174 Å². The van der Waals surface area contributed by atoms with Crippen molar-refractivity contribution in [2.45, 2.75) is 67.0 Å². The number of carbonyl (C=O) groups is 1. The molecule has 1 amide bonds. The molecule has 1 atom stereocenters. The summed E-state index contributed by atoms with van der Waals surface area (Å²) in [5.74, 6) is 1.92. The smallest absolute Gasteiger partial charge is 0.220 e. The van der Waals surface area contributed by atoms with Crippen LogP contribution in [-0.4, -0.2) is 29.9 Å². The minimum absolute atomic E-state index is 0.0297. The number of ether oxygens (including phenoxy) is 2. The number of nitrogens with zero attached hydrogens (tertiary/aromatic N) is 2. The van der Waals surface area contributed by atoms with Crippen molar-refractivity contribution >= 4 is 5.91 Å². The molecule has 2 aromatic rings. The summed E-state index contributed by atoms with van der Waals surface area (Å²) in [6.45, 7) is 13.4. The average molecular weight is 402 g/mol. The van der Waals surface area contributed by atoms with Gasteiger partial charge in [0.05, 0.1) is 26.0 Å². The van der Waals surface area contributed by atoms with Gasteiger partial charge in [0.2, 0.25) is 5.91 Å². The maximum Gasteiger partial charge on any atom is 0.220 e. The Morgan fingerprint density at radius 2 is 1.72 bits per heavy atom. The maximum atomic E-state index is 12.6. The minimum atomic E-state index is -0.117. The summed E-state index contributed by atoms with van der Waals surface area (Å²) in [5, 5.41) is 7.75. The van der Waals surface area contributed by atoms with Gasteiger partial charge in [0.15, 0.2) is 11.5 Å². The molecule has 0 aliphatic carbocycles. The molecule has 1 aromatic heterocycles. The highest BCUT2D eigenvalue weighted by Gasteiger charge is 2.17. The second-order valence-electron chi connectivity index (χ2n) is 8.08. The van der Waals surface area contributed by atoms with Gasteiger partial charge in [-0.1, -0.05) is 13.8 Å². The van der Waals surface area contributed by atoms with Crippen molar-refractivity contribution in [2.24, 2.45) is 5.92 Å². The first kappa shape index (κ1) is 22.8. The van der Waals surface area contributed by atoms with E-state index in [1.165, 1.54) is 5.56 Å². The zero-order valence-corrected chi connectivity index (χ0v) is 19.0. The molecule has 1 unspecified atom stereocenters. The molecule has 1 N–H and O–H groups in total. The number of nitrogens with one attached hydrogen (secondary N) is 1. The van der Waals surface area contributed by atoms with Crippen molar-refractivity contribution < 1.29 is 14.3 Å². The first-order valence-electron chi connectivity index (χ1n) is 10.2. The zero-order valence-electron chi connectivity index (χ0n) is 19.0. The molecule has 1 aromatic carbocycles. The molecule has 0 aliphatic heterocycles. The lowest BCUT2D eigenvalue weighted by atomic mass is 10.0. The molecule has 29 heavy (non-hydrogen) atoms. The van der Waals surface area contributed by atoms with Gasteiger partial charge < -0.3 is 14.8 Å². The number of rotatable bonds is 9. The fraction of sp³-hybridized carbons (Fsp3) is 0.565. The van der Waals surface area contributed by atoms with Crippen LogP contribution in [0.1, 0.15) is 61.3 Å². The minimum Gasteiger partial charge on any atom is -0.493 e. The average Bonchev–Trinajstić information content (AvgIpc) is 2.91. The number of hydrogen-bond donors (Lipinski definition) is 1. The van der Waals surface area contributed by atoms with Crippen LogP contribution in [0.5, 0.6) is 11.5 Å². The van der Waals surface area contributed by atoms with E-state index in [1.54, 1.807) is 14.2 Å². The summed E-state index contributed by atoms with van der Waals surface area (Å²) in [5.41, 5.74) is 5.42. The van der Waals surface area contributed by atoms with Gasteiger partial charge in [0, 0.05) is 18.7 Å². The first-order valence-corrected chi connectivity index (χ1v) is 10.2. The first-order chi connectivity index (χ1) is 13.7. The molecule has 2 rings (SSSR count). The van der Waals surface area contributed by atoms with Crippen LogP contribution < -0.4 is 14.8 Å². The third-order valence-corrected chi connectivity index (χ3v) is 5.29. The van der Waals surface area contributed by atoms with Crippen molar-refractivity contribution in [1.82, 2.24) is 15.1 Å². The molecule has 1 heterocycles. The number of aryl methyl sites for hydroxylation is 2. The van der Waals surface area contributed by atoms with Crippen molar-refractivity contribution in [3.05, 3.63) is 40.2 Å². The number of hydrogen-bond acceptors (Lipinski definition) is 4. The number of carbonyl (C=O) groups excluding carboxylic acids is 1. The standard InChI is InChI=1S/C23H35N3O3/c1-14(2)13-26-18(6)19(17(5)25-26)9-10-23(27)24-16(4)20-12-22(29-8)21(28-7)11-15(20)3/h11-12,14,16H,9-10,13H2,1-8H3,(H,24,27). The number of aromatic nitrogens is 2. The van der Waals surface area contributed by atoms with Gasteiger partial charge in [0.1, 0.15) is 0 Å². The van der Waals surface area contributed by atoms with E-state index in [-0.39, 0.29) is 11.9 Å². The molecule has 0 saturated heterocycles. The molecule has 6 nitrogen and oxygen atoms in total. The Kier molecular flexibility index (Phi) is 7.71. The van der Waals surface area contributed by atoms with Crippen LogP contribution in [0, 0.1) is 26.7 Å². The van der Waals surface area contributed by atoms with E-state index in [0.717, 1.165) is 29.1 Å². The second-order valence-corrected chi connectivity index (χ2v) is 8.08. The molecule has 0 aliphatic rings. The fourth-order valence-electron chi connectivity index (χ4n) is 3.71. The number of methoxy groups -OCH3 is 2. The summed E-state index contributed by atoms with van der Waals surface area (Å²) in [7, 11) is 3.24. The Morgan fingerprint density at radius 1 is 1.10 bits per heavy atom. The van der Waals surface area contributed by atoms with Gasteiger partial charge in [-0.2, -0.15) is 5.10 Å². The van der Waals surface area contributed by atoms with Crippen LogP contribution in [0.2, 0.25) is 0 Å². The van der Waals surface area contributed by atoms with Crippen LogP contribution in [-0.2, 0) is 17.8 Å². The van der Waals surface area contributed by atoms with Crippen LogP contribution in [0.15, 0.2) is 12.1 Å². The zero-order chi connectivity index (χ0) is 21.7. The van der Waals surface area contributed by atoms with Gasteiger partial charge in [-0.25, -0.2) is 0 Å². The van der Waals surface area contributed by atoms with E-state index in [0.29, 0.717) is 30.3 Å². The fourth-order valence-corrected chi connectivity index (χ4v) is 3.71. The number of amides is 1. The maximum absolute atomic E-state index is 12.6. The van der Waals surface area contributed by atoms with E-state index >= 15 is 0 Å². The summed E-state index contributed by atoms with van der Waals surface area (Å²) in [6.07, 6.45) is 1.13. The van der Waals surface area contributed by atoms with E-state index in [1.807, 2.05) is 32.9 Å². The molecule has 6 heteroatoms. The van der Waals surface area contributed by atoms with Crippen LogP contribution >= 0.6 is 0 Å². The SMILES string of the molecule is COc1cc(C)c(C(C)NC(=O)CCc2c(C)nn(CC(C)C)c2C)cc1OC. The Hall–Kier alpha value is -2.50. The molecule has 0 radical (unpaired) electrons. The summed E-state index contributed by atoms with van der Waals surface area (Å²) >= 11 is 0. The highest BCUT2D eigenvalue weighted by molar-refractivity contribution is 5.77. The van der Waals surface area contributed by atoms with Crippen molar-refractivity contribution in [3.8, 4) is 11.5 Å². The molecular weight excluding hydrogens is 366 g/mol. The van der Waals surface area contributed by atoms with E-state index < -0.39 is 0 Å². The monoisotopic (exact) mass is 401 g/mol. The van der Waals surface area contributed by atoms with Gasteiger partial charge >= 0.3 is 0 Å². The van der Waals surface area contributed by atoms with Crippen molar-refractivity contribution in [3.63, 3.8) is 0 Å². The van der Waals surface area contributed by atoms with E-state index in [9.17, 15) is 4.79 Å². The normalized spacial score (nSPS) is 12.2. The topological polar surface area (TPSA) is 65.4 Å². The molecular formula is C23H35N3O3. The third-order valence-electron chi connectivity index (χ3n) is 5.29. The van der Waals surface area contributed by atoms with Gasteiger partial charge in [-0.15, -0.1) is 0 Å². The van der Waals surface area contributed by atoms with Gasteiger partial charge in [-0.3, -0.25) is 9.48 Å². The molecule has 0 bridgehead atoms. The molecule has 160 valence electrons. The van der Waals surface area contributed by atoms with Gasteiger partial charge in [0.25, 0.3) is 0 Å². The van der Waals surface area contributed by atoms with E-state index in [4.69, 9.17) is 9.47 Å². The number of benzene rings is 1. The van der Waals surface area contributed by atoms with Crippen LogP contribution in [0.3, 0.4) is 0 Å². The molecule has 0 spiro atoms. The molecule has 0 fully saturated rings. The third kappa shape index (κ3) is 5.52. The summed E-state index contributed by atoms with van der Waals surface area (Å²) < 4.78 is 12.8. The van der Waals surface area contributed by atoms with Crippen molar-refractivity contribution in [2.75, 3.05) is 14.2 Å². The lowest BCUT2D eigenvalue weighted by Crippen LogP contribution is -2.27.